The first-order valence-corrected chi connectivity index (χ1v) is 9.25. The van der Waals surface area contributed by atoms with E-state index in [4.69, 9.17) is 9.47 Å². The minimum atomic E-state index is -0.792. The lowest BCUT2D eigenvalue weighted by Gasteiger charge is -2.16. The molecule has 1 aromatic carbocycles. The molecular formula is C15H15Br3N2O4. The molecule has 1 amide bonds. The van der Waals surface area contributed by atoms with Crippen molar-refractivity contribution >= 4 is 70.6 Å². The number of carbonyl (C=O) groups excluding carboxylic acids is 2. The van der Waals surface area contributed by atoms with Gasteiger partial charge in [-0.05, 0) is 59.4 Å². The lowest BCUT2D eigenvalue weighted by atomic mass is 10.0. The molecule has 0 fully saturated rings. The quantitative estimate of drug-likeness (QED) is 0.582. The number of rotatable bonds is 5. The Bertz CT molecular complexity index is 804. The van der Waals surface area contributed by atoms with Crippen LogP contribution in [0.1, 0.15) is 12.5 Å². The third-order valence-corrected chi connectivity index (χ3v) is 5.56. The van der Waals surface area contributed by atoms with Crippen molar-refractivity contribution in [3.8, 4) is 5.75 Å². The van der Waals surface area contributed by atoms with Crippen LogP contribution >= 0.6 is 47.8 Å². The highest BCUT2D eigenvalue weighted by molar-refractivity contribution is 9.11. The maximum absolute atomic E-state index is 12.0. The summed E-state index contributed by atoms with van der Waals surface area (Å²) in [6.07, 6.45) is 0.255. The van der Waals surface area contributed by atoms with Gasteiger partial charge in [-0.3, -0.25) is 4.79 Å². The Hall–Kier alpha value is -1.06. The second kappa shape index (κ2) is 7.88. The van der Waals surface area contributed by atoms with E-state index in [1.807, 2.05) is 6.07 Å². The van der Waals surface area contributed by atoms with E-state index < -0.39 is 12.0 Å². The molecule has 1 aromatic heterocycles. The van der Waals surface area contributed by atoms with E-state index in [1.165, 1.54) is 14.0 Å². The van der Waals surface area contributed by atoms with Crippen molar-refractivity contribution in [1.82, 2.24) is 10.3 Å². The van der Waals surface area contributed by atoms with Crippen molar-refractivity contribution in [3.05, 3.63) is 25.2 Å². The SMILES string of the molecule is COC(=O)[C@H](Cc1c(Br)[nH]c2c(Br)cc(OC)c(Br)c12)NC(C)=O. The second-order valence-electron chi connectivity index (χ2n) is 5.02. The van der Waals surface area contributed by atoms with Crippen molar-refractivity contribution in [1.29, 1.82) is 0 Å². The van der Waals surface area contributed by atoms with Crippen molar-refractivity contribution < 1.29 is 19.1 Å². The Morgan fingerprint density at radius 3 is 2.50 bits per heavy atom. The summed E-state index contributed by atoms with van der Waals surface area (Å²) in [5, 5.41) is 3.47. The van der Waals surface area contributed by atoms with Crippen LogP contribution in [0.15, 0.2) is 19.6 Å². The Labute approximate surface area is 164 Å². The lowest BCUT2D eigenvalue weighted by molar-refractivity contribution is -0.144. The van der Waals surface area contributed by atoms with E-state index in [9.17, 15) is 9.59 Å². The first-order chi connectivity index (χ1) is 11.3. The molecule has 0 unspecified atom stereocenters. The van der Waals surface area contributed by atoms with Gasteiger partial charge in [-0.25, -0.2) is 4.79 Å². The van der Waals surface area contributed by atoms with Gasteiger partial charge < -0.3 is 19.8 Å². The van der Waals surface area contributed by atoms with Crippen LogP contribution in [0.25, 0.3) is 10.9 Å². The van der Waals surface area contributed by atoms with Gasteiger partial charge >= 0.3 is 5.97 Å². The normalized spacial score (nSPS) is 12.1. The number of aromatic nitrogens is 1. The zero-order valence-electron chi connectivity index (χ0n) is 13.1. The molecule has 1 atom stereocenters. The average Bonchev–Trinajstić information content (AvgIpc) is 2.86. The number of amides is 1. The van der Waals surface area contributed by atoms with Crippen LogP contribution in [0, 0.1) is 0 Å². The fourth-order valence-electron chi connectivity index (χ4n) is 2.43. The van der Waals surface area contributed by atoms with Gasteiger partial charge in [0.1, 0.15) is 11.8 Å². The van der Waals surface area contributed by atoms with Crippen LogP contribution in [0.2, 0.25) is 0 Å². The number of ether oxygens (including phenoxy) is 2. The van der Waals surface area contributed by atoms with Crippen LogP contribution in [-0.2, 0) is 20.7 Å². The molecule has 0 saturated carbocycles. The molecule has 2 N–H and O–H groups in total. The van der Waals surface area contributed by atoms with Crippen LogP contribution in [0.3, 0.4) is 0 Å². The molecule has 2 rings (SSSR count). The van der Waals surface area contributed by atoms with Crippen molar-refractivity contribution in [3.63, 3.8) is 0 Å². The van der Waals surface area contributed by atoms with Gasteiger partial charge in [0.05, 0.1) is 28.8 Å². The summed E-state index contributed by atoms with van der Waals surface area (Å²) in [5.41, 5.74) is 1.66. The Kier molecular flexibility index (Phi) is 6.33. The van der Waals surface area contributed by atoms with Gasteiger partial charge in [-0.15, -0.1) is 0 Å². The number of hydrogen-bond donors (Lipinski definition) is 2. The fraction of sp³-hybridized carbons (Fsp3) is 0.333. The summed E-state index contributed by atoms with van der Waals surface area (Å²) in [4.78, 5) is 26.6. The number of benzene rings is 1. The summed E-state index contributed by atoms with van der Waals surface area (Å²) >= 11 is 10.5. The molecular weight excluding hydrogens is 512 g/mol. The maximum atomic E-state index is 12.0. The molecule has 130 valence electrons. The standard InChI is InChI=1S/C15H15Br3N2O4/c1-6(21)19-9(15(22)24-3)4-7-11-12(17)10(23-2)5-8(16)13(11)20-14(7)18/h5,9,20H,4H2,1-3H3,(H,19,21)/t9-/m0/s1. The summed E-state index contributed by atoms with van der Waals surface area (Å²) < 4.78 is 12.4. The molecule has 9 heteroatoms. The van der Waals surface area contributed by atoms with Crippen LogP contribution < -0.4 is 10.1 Å². The predicted octanol–water partition coefficient (Wildman–Crippen LogP) is 3.68. The molecule has 0 spiro atoms. The van der Waals surface area contributed by atoms with E-state index in [0.717, 1.165) is 25.4 Å². The predicted molar refractivity (Wildman–Crippen MR) is 101 cm³/mol. The third kappa shape index (κ3) is 3.78. The van der Waals surface area contributed by atoms with E-state index in [0.29, 0.717) is 10.4 Å². The van der Waals surface area contributed by atoms with Gasteiger partial charge in [0.15, 0.2) is 0 Å². The van der Waals surface area contributed by atoms with Crippen LogP contribution in [-0.4, -0.2) is 37.1 Å². The van der Waals surface area contributed by atoms with Gasteiger partial charge in [0, 0.05) is 23.2 Å². The monoisotopic (exact) mass is 524 g/mol. The molecule has 0 aliphatic carbocycles. The number of hydrogen-bond acceptors (Lipinski definition) is 4. The fourth-order valence-corrected chi connectivity index (χ4v) is 4.21. The number of fused-ring (bicyclic) bond motifs is 1. The highest BCUT2D eigenvalue weighted by Crippen LogP contribution is 2.42. The molecule has 0 aliphatic heterocycles. The summed E-state index contributed by atoms with van der Waals surface area (Å²) in [7, 11) is 2.87. The van der Waals surface area contributed by atoms with Gasteiger partial charge in [-0.2, -0.15) is 0 Å². The second-order valence-corrected chi connectivity index (χ2v) is 7.46. The number of H-pyrrole nitrogens is 1. The Balaban J connectivity index is 2.58. The van der Waals surface area contributed by atoms with E-state index in [-0.39, 0.29) is 12.3 Å². The first kappa shape index (κ1) is 19.3. The minimum Gasteiger partial charge on any atom is -0.496 e. The first-order valence-electron chi connectivity index (χ1n) is 6.87. The largest absolute Gasteiger partial charge is 0.496 e. The van der Waals surface area contributed by atoms with Crippen LogP contribution in [0.4, 0.5) is 0 Å². The Morgan fingerprint density at radius 2 is 1.96 bits per heavy atom. The van der Waals surface area contributed by atoms with Gasteiger partial charge in [0.2, 0.25) is 5.91 Å². The van der Waals surface area contributed by atoms with E-state index in [1.54, 1.807) is 7.11 Å². The molecule has 6 nitrogen and oxygen atoms in total. The van der Waals surface area contributed by atoms with E-state index in [2.05, 4.69) is 58.1 Å². The van der Waals surface area contributed by atoms with Crippen molar-refractivity contribution in [2.45, 2.75) is 19.4 Å². The molecule has 0 saturated heterocycles. The lowest BCUT2D eigenvalue weighted by Crippen LogP contribution is -2.42. The molecule has 0 aliphatic rings. The summed E-state index contributed by atoms with van der Waals surface area (Å²) in [6.45, 7) is 1.36. The number of halogens is 3. The molecule has 1 heterocycles. The van der Waals surface area contributed by atoms with Crippen molar-refractivity contribution in [2.75, 3.05) is 14.2 Å². The number of nitrogens with one attached hydrogen (secondary N) is 2. The molecule has 0 bridgehead atoms. The number of aromatic amines is 1. The van der Waals surface area contributed by atoms with Gasteiger partial charge in [0.25, 0.3) is 0 Å². The summed E-state index contributed by atoms with van der Waals surface area (Å²) in [6, 6.07) is 1.05. The smallest absolute Gasteiger partial charge is 0.328 e. The zero-order valence-corrected chi connectivity index (χ0v) is 17.9. The highest BCUT2D eigenvalue weighted by Gasteiger charge is 2.26. The highest BCUT2D eigenvalue weighted by atomic mass is 79.9. The van der Waals surface area contributed by atoms with E-state index >= 15 is 0 Å². The number of esters is 1. The minimum absolute atomic E-state index is 0.255. The molecule has 0 radical (unpaired) electrons. The number of carbonyl (C=O) groups is 2. The molecule has 2 aromatic rings. The average molecular weight is 527 g/mol. The third-order valence-electron chi connectivity index (χ3n) is 3.48. The number of methoxy groups -OCH3 is 2. The van der Waals surface area contributed by atoms with Crippen molar-refractivity contribution in [2.24, 2.45) is 0 Å². The summed E-state index contributed by atoms with van der Waals surface area (Å²) in [5.74, 6) is -0.167. The Morgan fingerprint density at radius 1 is 1.29 bits per heavy atom. The maximum Gasteiger partial charge on any atom is 0.328 e. The topological polar surface area (TPSA) is 80.4 Å². The van der Waals surface area contributed by atoms with Gasteiger partial charge in [-0.1, -0.05) is 0 Å². The molecule has 24 heavy (non-hydrogen) atoms. The zero-order chi connectivity index (χ0) is 18.0. The van der Waals surface area contributed by atoms with Crippen LogP contribution in [0.5, 0.6) is 5.75 Å².